The van der Waals surface area contributed by atoms with E-state index in [2.05, 4.69) is 15.4 Å². The molecule has 0 aliphatic carbocycles. The Morgan fingerprint density at radius 3 is 3.00 bits per heavy atom. The van der Waals surface area contributed by atoms with E-state index in [1.165, 1.54) is 6.33 Å². The highest BCUT2D eigenvalue weighted by atomic mass is 35.5. The van der Waals surface area contributed by atoms with Crippen LogP contribution in [-0.4, -0.2) is 17.0 Å². The van der Waals surface area contributed by atoms with Crippen LogP contribution < -0.4 is 11.2 Å². The quantitative estimate of drug-likeness (QED) is 0.585. The van der Waals surface area contributed by atoms with Gasteiger partial charge < -0.3 is 10.6 Å². The Labute approximate surface area is 86.9 Å². The normalized spacial score (nSPS) is 11.5. The number of nitrogen functional groups attached to an aromatic ring is 1. The second-order valence-corrected chi connectivity index (χ2v) is 2.90. The van der Waals surface area contributed by atoms with Gasteiger partial charge in [0.2, 0.25) is 0 Å². The maximum Gasteiger partial charge on any atom is 0.146 e. The van der Waals surface area contributed by atoms with Crippen LogP contribution in [0.2, 0.25) is 5.02 Å². The zero-order valence-corrected chi connectivity index (χ0v) is 8.67. The average Bonchev–Trinajstić information content (AvgIpc) is 2.13. The smallest absolute Gasteiger partial charge is 0.146 e. The summed E-state index contributed by atoms with van der Waals surface area (Å²) >= 11 is 5.87. The summed E-state index contributed by atoms with van der Waals surface area (Å²) in [6.07, 6.45) is 3.01. The lowest BCUT2D eigenvalue weighted by atomic mass is 10.3. The fourth-order valence-electron chi connectivity index (χ4n) is 0.881. The van der Waals surface area contributed by atoms with Gasteiger partial charge in [-0.1, -0.05) is 11.6 Å². The van der Waals surface area contributed by atoms with Crippen molar-refractivity contribution < 1.29 is 4.84 Å². The molecule has 5 nitrogen and oxygen atoms in total. The van der Waals surface area contributed by atoms with Crippen molar-refractivity contribution in [2.45, 2.75) is 6.92 Å². The van der Waals surface area contributed by atoms with Gasteiger partial charge in [-0.25, -0.2) is 9.97 Å². The fraction of sp³-hybridized carbons (Fsp3) is 0.250. The van der Waals surface area contributed by atoms with Crippen molar-refractivity contribution in [1.82, 2.24) is 15.4 Å². The number of anilines is 1. The molecule has 0 spiro atoms. The Hall–Kier alpha value is -1.33. The van der Waals surface area contributed by atoms with Gasteiger partial charge in [0.1, 0.15) is 22.9 Å². The van der Waals surface area contributed by atoms with Gasteiger partial charge in [0, 0.05) is 13.1 Å². The van der Waals surface area contributed by atoms with Crippen molar-refractivity contribution in [3.05, 3.63) is 22.8 Å². The van der Waals surface area contributed by atoms with Crippen LogP contribution in [0.3, 0.4) is 0 Å². The van der Waals surface area contributed by atoms with E-state index in [4.69, 9.17) is 22.2 Å². The Balaban J connectivity index is 2.96. The standard InChI is InChI=1S/C8H11ClN4O/c1-5(14-11-2)3-6-7(9)8(10)13-4-12-6/h3-4,11H,1-2H3,(H2,10,12,13)/b5-3+. The van der Waals surface area contributed by atoms with Gasteiger partial charge in [-0.05, 0) is 6.92 Å². The number of nitrogens with two attached hydrogens (primary N) is 1. The predicted octanol–water partition coefficient (Wildman–Crippen LogP) is 1.22. The predicted molar refractivity (Wildman–Crippen MR) is 55.3 cm³/mol. The van der Waals surface area contributed by atoms with Crippen molar-refractivity contribution in [3.8, 4) is 0 Å². The van der Waals surface area contributed by atoms with E-state index in [1.54, 1.807) is 20.0 Å². The lowest BCUT2D eigenvalue weighted by Gasteiger charge is -2.03. The number of halogens is 1. The number of rotatable bonds is 3. The first-order valence-corrected chi connectivity index (χ1v) is 4.30. The second kappa shape index (κ2) is 4.78. The van der Waals surface area contributed by atoms with Crippen LogP contribution in [0.4, 0.5) is 5.82 Å². The first-order chi connectivity index (χ1) is 6.65. The van der Waals surface area contributed by atoms with Crippen LogP contribution in [0.5, 0.6) is 0 Å². The molecular weight excluding hydrogens is 204 g/mol. The van der Waals surface area contributed by atoms with E-state index in [9.17, 15) is 0 Å². The lowest BCUT2D eigenvalue weighted by molar-refractivity contribution is 0.131. The van der Waals surface area contributed by atoms with Crippen LogP contribution >= 0.6 is 11.6 Å². The molecule has 3 N–H and O–H groups in total. The SMILES string of the molecule is CNO/C(C)=C/c1ncnc(N)c1Cl. The molecule has 0 unspecified atom stereocenters. The maximum atomic E-state index is 5.87. The van der Waals surface area contributed by atoms with E-state index in [-0.39, 0.29) is 5.82 Å². The first-order valence-electron chi connectivity index (χ1n) is 3.93. The summed E-state index contributed by atoms with van der Waals surface area (Å²) in [7, 11) is 1.66. The minimum absolute atomic E-state index is 0.255. The third kappa shape index (κ3) is 2.58. The number of nitrogens with zero attached hydrogens (tertiary/aromatic N) is 2. The van der Waals surface area contributed by atoms with E-state index in [0.717, 1.165) is 0 Å². The summed E-state index contributed by atoms with van der Waals surface area (Å²) in [5, 5.41) is 0.326. The average molecular weight is 215 g/mol. The lowest BCUT2D eigenvalue weighted by Crippen LogP contribution is -2.05. The summed E-state index contributed by atoms with van der Waals surface area (Å²) in [4.78, 5) is 12.7. The van der Waals surface area contributed by atoms with Crippen molar-refractivity contribution in [2.75, 3.05) is 12.8 Å². The van der Waals surface area contributed by atoms with Gasteiger partial charge >= 0.3 is 0 Å². The molecule has 0 amide bonds. The summed E-state index contributed by atoms with van der Waals surface area (Å²) in [6, 6.07) is 0. The van der Waals surface area contributed by atoms with Gasteiger partial charge in [0.15, 0.2) is 0 Å². The minimum Gasteiger partial charge on any atom is -0.414 e. The molecule has 0 atom stereocenters. The summed E-state index contributed by atoms with van der Waals surface area (Å²) in [5.74, 6) is 0.887. The largest absolute Gasteiger partial charge is 0.414 e. The molecule has 76 valence electrons. The van der Waals surface area contributed by atoms with Gasteiger partial charge in [-0.2, -0.15) is 5.48 Å². The van der Waals surface area contributed by atoms with Crippen LogP contribution in [0.1, 0.15) is 12.6 Å². The number of allylic oxidation sites excluding steroid dienone is 1. The van der Waals surface area contributed by atoms with Crippen LogP contribution in [0, 0.1) is 0 Å². The van der Waals surface area contributed by atoms with Gasteiger partial charge in [-0.3, -0.25) is 0 Å². The van der Waals surface area contributed by atoms with E-state index < -0.39 is 0 Å². The van der Waals surface area contributed by atoms with Crippen molar-refractivity contribution in [1.29, 1.82) is 0 Å². The van der Waals surface area contributed by atoms with Crippen molar-refractivity contribution in [3.63, 3.8) is 0 Å². The molecule has 0 radical (unpaired) electrons. The number of aromatic nitrogens is 2. The van der Waals surface area contributed by atoms with Crippen LogP contribution in [0.15, 0.2) is 12.1 Å². The molecule has 1 rings (SSSR count). The highest BCUT2D eigenvalue weighted by molar-refractivity contribution is 6.34. The van der Waals surface area contributed by atoms with E-state index in [1.807, 2.05) is 0 Å². The summed E-state index contributed by atoms with van der Waals surface area (Å²) in [5.41, 5.74) is 8.57. The highest BCUT2D eigenvalue weighted by Gasteiger charge is 2.04. The fourth-order valence-corrected chi connectivity index (χ4v) is 1.03. The third-order valence-corrected chi connectivity index (χ3v) is 1.83. The Bertz CT molecular complexity index is 353. The molecule has 0 saturated heterocycles. The molecule has 0 aliphatic rings. The van der Waals surface area contributed by atoms with Crippen LogP contribution in [-0.2, 0) is 4.84 Å². The molecule has 0 bridgehead atoms. The number of hydroxylamine groups is 1. The second-order valence-electron chi connectivity index (χ2n) is 2.52. The minimum atomic E-state index is 0.255. The van der Waals surface area contributed by atoms with Crippen molar-refractivity contribution in [2.24, 2.45) is 0 Å². The maximum absolute atomic E-state index is 5.87. The topological polar surface area (TPSA) is 73.1 Å². The van der Waals surface area contributed by atoms with Gasteiger partial charge in [0.25, 0.3) is 0 Å². The molecule has 0 fully saturated rings. The Morgan fingerprint density at radius 1 is 1.64 bits per heavy atom. The zero-order valence-electron chi connectivity index (χ0n) is 7.91. The highest BCUT2D eigenvalue weighted by Crippen LogP contribution is 2.20. The number of nitrogens with one attached hydrogen (secondary N) is 1. The molecular formula is C8H11ClN4O. The molecule has 1 aromatic rings. The molecule has 0 saturated carbocycles. The first kappa shape index (κ1) is 10.7. The van der Waals surface area contributed by atoms with Crippen LogP contribution in [0.25, 0.3) is 6.08 Å². The third-order valence-electron chi connectivity index (χ3n) is 1.45. The molecule has 1 heterocycles. The molecule has 6 heteroatoms. The molecule has 1 aromatic heterocycles. The van der Waals surface area contributed by atoms with E-state index >= 15 is 0 Å². The number of hydrogen-bond acceptors (Lipinski definition) is 5. The summed E-state index contributed by atoms with van der Waals surface area (Å²) in [6.45, 7) is 1.77. The van der Waals surface area contributed by atoms with Gasteiger partial charge in [0.05, 0.1) is 5.69 Å². The number of hydrogen-bond donors (Lipinski definition) is 2. The molecule has 0 aliphatic heterocycles. The Kier molecular flexibility index (Phi) is 3.67. The zero-order chi connectivity index (χ0) is 10.6. The Morgan fingerprint density at radius 2 is 2.36 bits per heavy atom. The molecule has 14 heavy (non-hydrogen) atoms. The van der Waals surface area contributed by atoms with Gasteiger partial charge in [-0.15, -0.1) is 0 Å². The van der Waals surface area contributed by atoms with E-state index in [0.29, 0.717) is 16.5 Å². The van der Waals surface area contributed by atoms with Crippen molar-refractivity contribution >= 4 is 23.5 Å². The monoisotopic (exact) mass is 214 g/mol. The molecule has 0 aromatic carbocycles. The summed E-state index contributed by atoms with van der Waals surface area (Å²) < 4.78 is 0.